The van der Waals surface area contributed by atoms with E-state index in [2.05, 4.69) is 17.4 Å². The summed E-state index contributed by atoms with van der Waals surface area (Å²) in [5.74, 6) is -0.139. The fourth-order valence-electron chi connectivity index (χ4n) is 2.35. The van der Waals surface area contributed by atoms with Crippen molar-refractivity contribution < 1.29 is 4.79 Å². The average molecular weight is 298 g/mol. The molecule has 3 N–H and O–H groups in total. The van der Waals surface area contributed by atoms with Gasteiger partial charge in [-0.3, -0.25) is 4.79 Å². The Kier molecular flexibility index (Phi) is 4.38. The largest absolute Gasteiger partial charge is 0.389 e. The van der Waals surface area contributed by atoms with Gasteiger partial charge < -0.3 is 11.1 Å². The summed E-state index contributed by atoms with van der Waals surface area (Å²) in [7, 11) is 0. The van der Waals surface area contributed by atoms with Gasteiger partial charge in [0.25, 0.3) is 5.91 Å². The van der Waals surface area contributed by atoms with Crippen LogP contribution in [0.2, 0.25) is 0 Å². The fraction of sp³-hybridized carbons (Fsp3) is 0.176. The Balaban J connectivity index is 2.24. The van der Waals surface area contributed by atoms with Crippen molar-refractivity contribution in [1.82, 2.24) is 0 Å². The van der Waals surface area contributed by atoms with Crippen molar-refractivity contribution in [3.8, 4) is 0 Å². The molecule has 0 atom stereocenters. The molecule has 0 aromatic heterocycles. The summed E-state index contributed by atoms with van der Waals surface area (Å²) < 4.78 is 0. The molecule has 2 aromatic carbocycles. The molecule has 0 saturated heterocycles. The maximum atomic E-state index is 12.3. The number of rotatable bonds is 3. The standard InChI is InChI=1S/C17H18N2OS/c1-10-8-11(2)15(12(3)9-10)19-17(20)14-6-4-13(5-7-14)16(18)21/h4-9H,1-3H3,(H2,18,21)(H,19,20). The normalized spacial score (nSPS) is 10.2. The van der Waals surface area contributed by atoms with E-state index >= 15 is 0 Å². The molecule has 108 valence electrons. The van der Waals surface area contributed by atoms with Gasteiger partial charge in [0.1, 0.15) is 4.99 Å². The number of nitrogens with two attached hydrogens (primary N) is 1. The lowest BCUT2D eigenvalue weighted by molar-refractivity contribution is 0.102. The minimum Gasteiger partial charge on any atom is -0.389 e. The summed E-state index contributed by atoms with van der Waals surface area (Å²) in [6.07, 6.45) is 0. The van der Waals surface area contributed by atoms with Gasteiger partial charge in [-0.2, -0.15) is 0 Å². The first-order valence-corrected chi connectivity index (χ1v) is 7.08. The van der Waals surface area contributed by atoms with E-state index < -0.39 is 0 Å². The summed E-state index contributed by atoms with van der Waals surface area (Å²) in [6.45, 7) is 6.02. The van der Waals surface area contributed by atoms with Crippen LogP contribution in [-0.4, -0.2) is 10.9 Å². The third-order valence-electron chi connectivity index (χ3n) is 3.35. The van der Waals surface area contributed by atoms with Gasteiger partial charge in [0.05, 0.1) is 0 Å². The zero-order chi connectivity index (χ0) is 15.6. The Morgan fingerprint density at radius 1 is 1.00 bits per heavy atom. The molecule has 0 spiro atoms. The van der Waals surface area contributed by atoms with Crippen molar-refractivity contribution >= 4 is 28.8 Å². The third-order valence-corrected chi connectivity index (χ3v) is 3.58. The molecule has 0 fully saturated rings. The second-order valence-electron chi connectivity index (χ2n) is 5.17. The Bertz CT molecular complexity index is 682. The molecule has 2 rings (SSSR count). The summed E-state index contributed by atoms with van der Waals surface area (Å²) in [5.41, 5.74) is 11.0. The first kappa shape index (κ1) is 15.2. The Hall–Kier alpha value is -2.20. The van der Waals surface area contributed by atoms with Gasteiger partial charge in [0, 0.05) is 16.8 Å². The quantitative estimate of drug-likeness (QED) is 0.853. The monoisotopic (exact) mass is 298 g/mol. The number of hydrogen-bond donors (Lipinski definition) is 2. The summed E-state index contributed by atoms with van der Waals surface area (Å²) in [5, 5.41) is 2.97. The van der Waals surface area contributed by atoms with E-state index in [0.29, 0.717) is 10.6 Å². The highest BCUT2D eigenvalue weighted by atomic mass is 32.1. The van der Waals surface area contributed by atoms with Crippen molar-refractivity contribution in [2.24, 2.45) is 5.73 Å². The van der Waals surface area contributed by atoms with Gasteiger partial charge in [-0.15, -0.1) is 0 Å². The first-order chi connectivity index (χ1) is 9.88. The molecule has 1 amide bonds. The highest BCUT2D eigenvalue weighted by molar-refractivity contribution is 7.80. The Labute approximate surface area is 130 Å². The second-order valence-corrected chi connectivity index (χ2v) is 5.61. The van der Waals surface area contributed by atoms with Crippen LogP contribution in [0.1, 0.15) is 32.6 Å². The van der Waals surface area contributed by atoms with Crippen LogP contribution in [-0.2, 0) is 0 Å². The van der Waals surface area contributed by atoms with Crippen LogP contribution in [0.15, 0.2) is 36.4 Å². The van der Waals surface area contributed by atoms with Crippen molar-refractivity contribution in [1.29, 1.82) is 0 Å². The first-order valence-electron chi connectivity index (χ1n) is 6.67. The molecule has 21 heavy (non-hydrogen) atoms. The average Bonchev–Trinajstić information content (AvgIpc) is 2.42. The molecule has 2 aromatic rings. The van der Waals surface area contributed by atoms with Crippen LogP contribution < -0.4 is 11.1 Å². The number of nitrogens with one attached hydrogen (secondary N) is 1. The molecule has 3 nitrogen and oxygen atoms in total. The van der Waals surface area contributed by atoms with Gasteiger partial charge in [-0.05, 0) is 44.0 Å². The Morgan fingerprint density at radius 2 is 1.48 bits per heavy atom. The molecule has 0 saturated carbocycles. The maximum absolute atomic E-state index is 12.3. The van der Waals surface area contributed by atoms with Gasteiger partial charge >= 0.3 is 0 Å². The van der Waals surface area contributed by atoms with Gasteiger partial charge in [0.15, 0.2) is 0 Å². The van der Waals surface area contributed by atoms with E-state index in [0.717, 1.165) is 22.4 Å². The van der Waals surface area contributed by atoms with Gasteiger partial charge in [-0.1, -0.05) is 42.0 Å². The van der Waals surface area contributed by atoms with Crippen molar-refractivity contribution in [2.45, 2.75) is 20.8 Å². The smallest absolute Gasteiger partial charge is 0.255 e. The second kappa shape index (κ2) is 6.06. The predicted octanol–water partition coefficient (Wildman–Crippen LogP) is 3.50. The maximum Gasteiger partial charge on any atom is 0.255 e. The molecule has 0 unspecified atom stereocenters. The number of hydrogen-bond acceptors (Lipinski definition) is 2. The van der Waals surface area contributed by atoms with E-state index in [4.69, 9.17) is 18.0 Å². The van der Waals surface area contributed by atoms with E-state index in [-0.39, 0.29) is 5.91 Å². The molecule has 0 bridgehead atoms. The fourth-order valence-corrected chi connectivity index (χ4v) is 2.48. The lowest BCUT2D eigenvalue weighted by atomic mass is 10.0. The topological polar surface area (TPSA) is 55.1 Å². The lowest BCUT2D eigenvalue weighted by Gasteiger charge is -2.13. The van der Waals surface area contributed by atoms with Crippen LogP contribution in [0.4, 0.5) is 5.69 Å². The van der Waals surface area contributed by atoms with Crippen LogP contribution in [0.25, 0.3) is 0 Å². The molecule has 0 heterocycles. The minimum absolute atomic E-state index is 0.139. The van der Waals surface area contributed by atoms with Gasteiger partial charge in [-0.25, -0.2) is 0 Å². The van der Waals surface area contributed by atoms with Crippen LogP contribution in [0.5, 0.6) is 0 Å². The number of thiocarbonyl (C=S) groups is 1. The summed E-state index contributed by atoms with van der Waals surface area (Å²) in [4.78, 5) is 12.6. The molecule has 0 radical (unpaired) electrons. The molecular weight excluding hydrogens is 280 g/mol. The van der Waals surface area contributed by atoms with Crippen LogP contribution >= 0.6 is 12.2 Å². The van der Waals surface area contributed by atoms with Crippen molar-refractivity contribution in [3.05, 3.63) is 64.2 Å². The van der Waals surface area contributed by atoms with Crippen molar-refractivity contribution in [3.63, 3.8) is 0 Å². The number of carbonyl (C=O) groups excluding carboxylic acids is 1. The molecule has 0 aliphatic heterocycles. The number of amides is 1. The number of anilines is 1. The Morgan fingerprint density at radius 3 is 1.95 bits per heavy atom. The van der Waals surface area contributed by atoms with Crippen LogP contribution in [0, 0.1) is 20.8 Å². The van der Waals surface area contributed by atoms with Gasteiger partial charge in [0.2, 0.25) is 0 Å². The number of carbonyl (C=O) groups is 1. The predicted molar refractivity (Wildman–Crippen MR) is 90.9 cm³/mol. The third kappa shape index (κ3) is 3.47. The molecule has 4 heteroatoms. The summed E-state index contributed by atoms with van der Waals surface area (Å²) in [6, 6.07) is 11.1. The van der Waals surface area contributed by atoms with Crippen molar-refractivity contribution in [2.75, 3.05) is 5.32 Å². The summed E-state index contributed by atoms with van der Waals surface area (Å²) >= 11 is 4.90. The molecule has 0 aliphatic rings. The van der Waals surface area contributed by atoms with E-state index in [1.54, 1.807) is 24.3 Å². The lowest BCUT2D eigenvalue weighted by Crippen LogP contribution is -2.15. The van der Waals surface area contributed by atoms with E-state index in [9.17, 15) is 4.79 Å². The van der Waals surface area contributed by atoms with Crippen LogP contribution in [0.3, 0.4) is 0 Å². The number of benzene rings is 2. The van der Waals surface area contributed by atoms with E-state index in [1.807, 2.05) is 20.8 Å². The molecular formula is C17H18N2OS. The minimum atomic E-state index is -0.139. The highest BCUT2D eigenvalue weighted by Crippen LogP contribution is 2.22. The zero-order valence-electron chi connectivity index (χ0n) is 12.4. The highest BCUT2D eigenvalue weighted by Gasteiger charge is 2.10. The SMILES string of the molecule is Cc1cc(C)c(NC(=O)c2ccc(C(N)=S)cc2)c(C)c1. The van der Waals surface area contributed by atoms with E-state index in [1.165, 1.54) is 5.56 Å². The number of aryl methyl sites for hydroxylation is 3. The molecule has 0 aliphatic carbocycles. The zero-order valence-corrected chi connectivity index (χ0v) is 13.2.